The number of benzene rings is 2. The average Bonchev–Trinajstić information content (AvgIpc) is 3.21. The third-order valence-electron chi connectivity index (χ3n) is 5.26. The Labute approximate surface area is 197 Å². The molecule has 0 bridgehead atoms. The van der Waals surface area contributed by atoms with E-state index < -0.39 is 6.10 Å². The summed E-state index contributed by atoms with van der Waals surface area (Å²) in [5.41, 5.74) is 3.31. The molecule has 1 aliphatic rings. The first-order valence-corrected chi connectivity index (χ1v) is 10.5. The Balaban J connectivity index is 0.00000320. The minimum Gasteiger partial charge on any atom is -0.386 e. The third kappa shape index (κ3) is 7.56. The smallest absolute Gasteiger partial charge is 0.194 e. The number of likely N-dealkylation sites (tertiary alicyclic amines) is 1. The fourth-order valence-corrected chi connectivity index (χ4v) is 3.57. The summed E-state index contributed by atoms with van der Waals surface area (Å²) >= 11 is 0. The highest BCUT2D eigenvalue weighted by Crippen LogP contribution is 2.18. The number of guanidine groups is 1. The molecule has 0 spiro atoms. The maximum Gasteiger partial charge on any atom is 0.194 e. The van der Waals surface area contributed by atoms with E-state index >= 15 is 0 Å². The van der Waals surface area contributed by atoms with Crippen LogP contribution in [0.25, 0.3) is 0 Å². The Morgan fingerprint density at radius 3 is 2.63 bits per heavy atom. The second-order valence-corrected chi connectivity index (χ2v) is 7.72. The number of aliphatic hydroxyl groups excluding tert-OH is 1. The van der Waals surface area contributed by atoms with E-state index in [9.17, 15) is 5.11 Å². The maximum absolute atomic E-state index is 10.5. The van der Waals surface area contributed by atoms with Crippen LogP contribution in [0, 0.1) is 12.8 Å². The number of rotatable bonds is 8. The van der Waals surface area contributed by atoms with Gasteiger partial charge in [0.2, 0.25) is 0 Å². The molecule has 2 atom stereocenters. The minimum absolute atomic E-state index is 0. The van der Waals surface area contributed by atoms with Gasteiger partial charge in [0.15, 0.2) is 5.96 Å². The summed E-state index contributed by atoms with van der Waals surface area (Å²) in [5, 5.41) is 13.8. The van der Waals surface area contributed by atoms with Crippen LogP contribution in [0.1, 0.15) is 36.1 Å². The van der Waals surface area contributed by atoms with Crippen LogP contribution >= 0.6 is 24.0 Å². The molecular weight excluding hydrogens is 489 g/mol. The van der Waals surface area contributed by atoms with E-state index in [2.05, 4.69) is 29.3 Å². The summed E-state index contributed by atoms with van der Waals surface area (Å²) in [6, 6.07) is 18.3. The van der Waals surface area contributed by atoms with Gasteiger partial charge in [0.25, 0.3) is 0 Å². The fourth-order valence-electron chi connectivity index (χ4n) is 3.57. The number of nitrogens with one attached hydrogen (secondary N) is 1. The molecule has 0 aromatic heterocycles. The van der Waals surface area contributed by atoms with Crippen molar-refractivity contribution in [1.29, 1.82) is 0 Å². The second-order valence-electron chi connectivity index (χ2n) is 7.72. The molecular formula is C24H34IN3O2. The van der Waals surface area contributed by atoms with Gasteiger partial charge in [-0.1, -0.05) is 60.2 Å². The summed E-state index contributed by atoms with van der Waals surface area (Å²) in [7, 11) is 0. The lowest BCUT2D eigenvalue weighted by Gasteiger charge is -2.22. The zero-order chi connectivity index (χ0) is 20.5. The number of nitrogens with zero attached hydrogens (tertiary/aromatic N) is 2. The van der Waals surface area contributed by atoms with Gasteiger partial charge in [-0.05, 0) is 31.4 Å². The van der Waals surface area contributed by atoms with E-state index in [4.69, 9.17) is 9.73 Å². The predicted octanol–water partition coefficient (Wildman–Crippen LogP) is 4.15. The molecule has 0 saturated carbocycles. The zero-order valence-electron chi connectivity index (χ0n) is 18.0. The van der Waals surface area contributed by atoms with Crippen molar-refractivity contribution in [3.05, 3.63) is 71.3 Å². The molecule has 0 aliphatic carbocycles. The van der Waals surface area contributed by atoms with Crippen molar-refractivity contribution in [2.45, 2.75) is 33.0 Å². The van der Waals surface area contributed by atoms with Gasteiger partial charge < -0.3 is 20.1 Å². The van der Waals surface area contributed by atoms with E-state index in [0.717, 1.165) is 44.2 Å². The first-order chi connectivity index (χ1) is 14.2. The SMILES string of the molecule is CCNC(=NCC(O)c1ccc(C)cc1)N1CCC(COCc2ccccc2)C1.I. The molecule has 1 aliphatic heterocycles. The molecule has 3 rings (SSSR count). The summed E-state index contributed by atoms with van der Waals surface area (Å²) < 4.78 is 5.93. The van der Waals surface area contributed by atoms with Crippen molar-refractivity contribution in [2.75, 3.05) is 32.8 Å². The van der Waals surface area contributed by atoms with Crippen molar-refractivity contribution in [2.24, 2.45) is 10.9 Å². The Hall–Kier alpha value is -1.64. The molecule has 30 heavy (non-hydrogen) atoms. The molecule has 2 N–H and O–H groups in total. The highest BCUT2D eigenvalue weighted by atomic mass is 127. The summed E-state index contributed by atoms with van der Waals surface area (Å²) in [5.74, 6) is 1.38. The van der Waals surface area contributed by atoms with Gasteiger partial charge in [-0.15, -0.1) is 24.0 Å². The monoisotopic (exact) mass is 523 g/mol. The summed E-state index contributed by atoms with van der Waals surface area (Å²) in [6.07, 6.45) is 0.511. The predicted molar refractivity (Wildman–Crippen MR) is 133 cm³/mol. The van der Waals surface area contributed by atoms with Crippen LogP contribution in [0.4, 0.5) is 0 Å². The number of hydrogen-bond donors (Lipinski definition) is 2. The highest BCUT2D eigenvalue weighted by molar-refractivity contribution is 14.0. The number of hydrogen-bond acceptors (Lipinski definition) is 3. The van der Waals surface area contributed by atoms with Gasteiger partial charge in [0.05, 0.1) is 25.9 Å². The van der Waals surface area contributed by atoms with Crippen LogP contribution < -0.4 is 5.32 Å². The summed E-state index contributed by atoms with van der Waals surface area (Å²) in [6.45, 7) is 8.60. The van der Waals surface area contributed by atoms with Crippen LogP contribution in [-0.2, 0) is 11.3 Å². The molecule has 0 amide bonds. The van der Waals surface area contributed by atoms with Gasteiger partial charge in [-0.3, -0.25) is 4.99 Å². The largest absolute Gasteiger partial charge is 0.386 e. The number of ether oxygens (including phenoxy) is 1. The van der Waals surface area contributed by atoms with Crippen LogP contribution in [0.15, 0.2) is 59.6 Å². The molecule has 2 aromatic rings. The topological polar surface area (TPSA) is 57.1 Å². The van der Waals surface area contributed by atoms with Crippen molar-refractivity contribution in [1.82, 2.24) is 10.2 Å². The lowest BCUT2D eigenvalue weighted by atomic mass is 10.1. The minimum atomic E-state index is -0.586. The third-order valence-corrected chi connectivity index (χ3v) is 5.26. The second kappa shape index (κ2) is 12.9. The lowest BCUT2D eigenvalue weighted by molar-refractivity contribution is 0.0906. The van der Waals surface area contributed by atoms with Crippen molar-refractivity contribution in [3.8, 4) is 0 Å². The molecule has 164 valence electrons. The van der Waals surface area contributed by atoms with Crippen LogP contribution in [0.2, 0.25) is 0 Å². The molecule has 1 heterocycles. The van der Waals surface area contributed by atoms with Gasteiger partial charge in [-0.2, -0.15) is 0 Å². The maximum atomic E-state index is 10.5. The molecule has 2 unspecified atom stereocenters. The zero-order valence-corrected chi connectivity index (χ0v) is 20.3. The van der Waals surface area contributed by atoms with Gasteiger partial charge >= 0.3 is 0 Å². The van der Waals surface area contributed by atoms with E-state index in [1.165, 1.54) is 11.1 Å². The van der Waals surface area contributed by atoms with Crippen LogP contribution in [0.3, 0.4) is 0 Å². The number of aryl methyl sites for hydroxylation is 1. The Bertz CT molecular complexity index is 768. The standard InChI is InChI=1S/C24H33N3O2.HI/c1-3-25-24(26-15-23(28)22-11-9-19(2)10-12-22)27-14-13-21(16-27)18-29-17-20-7-5-4-6-8-20;/h4-12,21,23,28H,3,13-18H2,1-2H3,(H,25,26);1H. The highest BCUT2D eigenvalue weighted by Gasteiger charge is 2.25. The van der Waals surface area contributed by atoms with E-state index in [-0.39, 0.29) is 24.0 Å². The molecule has 1 fully saturated rings. The molecule has 0 radical (unpaired) electrons. The first kappa shape index (κ1) is 24.6. The van der Waals surface area contributed by atoms with Crippen molar-refractivity contribution >= 4 is 29.9 Å². The summed E-state index contributed by atoms with van der Waals surface area (Å²) in [4.78, 5) is 6.98. The molecule has 1 saturated heterocycles. The fraction of sp³-hybridized carbons (Fsp3) is 0.458. The van der Waals surface area contributed by atoms with Crippen molar-refractivity contribution in [3.63, 3.8) is 0 Å². The average molecular weight is 523 g/mol. The lowest BCUT2D eigenvalue weighted by Crippen LogP contribution is -2.40. The molecule has 2 aromatic carbocycles. The van der Waals surface area contributed by atoms with Gasteiger partial charge in [0, 0.05) is 25.6 Å². The normalized spacial score (nSPS) is 17.5. The number of aliphatic imine (C=N–C) groups is 1. The van der Waals surface area contributed by atoms with Crippen LogP contribution in [-0.4, -0.2) is 48.8 Å². The van der Waals surface area contributed by atoms with Gasteiger partial charge in [-0.25, -0.2) is 0 Å². The number of aliphatic hydroxyl groups is 1. The van der Waals surface area contributed by atoms with Crippen molar-refractivity contribution < 1.29 is 9.84 Å². The molecule has 6 heteroatoms. The van der Waals surface area contributed by atoms with Crippen LogP contribution in [0.5, 0.6) is 0 Å². The first-order valence-electron chi connectivity index (χ1n) is 10.5. The Morgan fingerprint density at radius 2 is 1.93 bits per heavy atom. The Morgan fingerprint density at radius 1 is 1.20 bits per heavy atom. The quantitative estimate of drug-likeness (QED) is 0.310. The Kier molecular flexibility index (Phi) is 10.6. The van der Waals surface area contributed by atoms with Gasteiger partial charge in [0.1, 0.15) is 0 Å². The van der Waals surface area contributed by atoms with E-state index in [0.29, 0.717) is 19.1 Å². The molecule has 5 nitrogen and oxygen atoms in total. The number of halogens is 1. The van der Waals surface area contributed by atoms with E-state index in [1.807, 2.05) is 49.4 Å². The van der Waals surface area contributed by atoms with E-state index in [1.54, 1.807) is 0 Å².